The third-order valence-corrected chi connectivity index (χ3v) is 3.38. The van der Waals surface area contributed by atoms with E-state index in [1.165, 1.54) is 57.8 Å². The quantitative estimate of drug-likeness (QED) is 0.370. The van der Waals surface area contributed by atoms with Crippen molar-refractivity contribution in [2.75, 3.05) is 13.7 Å². The second kappa shape index (κ2) is 14.9. The first-order chi connectivity index (χ1) is 8.81. The highest BCUT2D eigenvalue weighted by Crippen LogP contribution is 2.12. The standard InChI is InChI=1S/C15H32O3/c1-18-15(17)13-11-9-7-5-3-2-4-6-8-10-12-14-16/h15-17H,2-14H2,1H3. The van der Waals surface area contributed by atoms with E-state index in [4.69, 9.17) is 9.84 Å². The normalized spacial score (nSPS) is 12.8. The fraction of sp³-hybridized carbons (Fsp3) is 1.00. The summed E-state index contributed by atoms with van der Waals surface area (Å²) in [6.45, 7) is 0.345. The summed E-state index contributed by atoms with van der Waals surface area (Å²) >= 11 is 0. The molecule has 0 saturated heterocycles. The number of hydrogen-bond donors (Lipinski definition) is 2. The van der Waals surface area contributed by atoms with E-state index < -0.39 is 6.29 Å². The Balaban J connectivity index is 2.94. The molecule has 3 heteroatoms. The lowest BCUT2D eigenvalue weighted by molar-refractivity contribution is -0.0793. The maximum atomic E-state index is 9.18. The highest BCUT2D eigenvalue weighted by atomic mass is 16.6. The van der Waals surface area contributed by atoms with Gasteiger partial charge in [0.05, 0.1) is 0 Å². The van der Waals surface area contributed by atoms with Crippen molar-refractivity contribution in [3.63, 3.8) is 0 Å². The highest BCUT2D eigenvalue weighted by Gasteiger charge is 1.99. The molecule has 0 aromatic rings. The molecule has 2 N–H and O–H groups in total. The lowest BCUT2D eigenvalue weighted by Gasteiger charge is -2.07. The van der Waals surface area contributed by atoms with Crippen LogP contribution in [0.5, 0.6) is 0 Å². The molecule has 0 bridgehead atoms. The monoisotopic (exact) mass is 260 g/mol. The summed E-state index contributed by atoms with van der Waals surface area (Å²) in [6.07, 6.45) is 13.8. The van der Waals surface area contributed by atoms with Gasteiger partial charge in [0.1, 0.15) is 0 Å². The van der Waals surface area contributed by atoms with Gasteiger partial charge in [-0.1, -0.05) is 57.8 Å². The summed E-state index contributed by atoms with van der Waals surface area (Å²) in [7, 11) is 1.55. The van der Waals surface area contributed by atoms with Gasteiger partial charge < -0.3 is 14.9 Å². The van der Waals surface area contributed by atoms with Gasteiger partial charge in [0.2, 0.25) is 0 Å². The van der Waals surface area contributed by atoms with Crippen LogP contribution in [0.1, 0.15) is 77.0 Å². The SMILES string of the molecule is COC(O)CCCCCCCCCCCCCO. The summed E-state index contributed by atoms with van der Waals surface area (Å²) in [4.78, 5) is 0. The number of hydrogen-bond acceptors (Lipinski definition) is 3. The Morgan fingerprint density at radius 3 is 1.50 bits per heavy atom. The molecule has 0 rings (SSSR count). The van der Waals surface area contributed by atoms with Crippen molar-refractivity contribution in [1.82, 2.24) is 0 Å². The van der Waals surface area contributed by atoms with Crippen molar-refractivity contribution < 1.29 is 14.9 Å². The van der Waals surface area contributed by atoms with E-state index in [1.54, 1.807) is 7.11 Å². The topological polar surface area (TPSA) is 49.7 Å². The molecule has 0 amide bonds. The molecule has 0 aliphatic heterocycles. The molecule has 0 spiro atoms. The number of unbranched alkanes of at least 4 members (excludes halogenated alkanes) is 10. The molecule has 0 fully saturated rings. The van der Waals surface area contributed by atoms with Gasteiger partial charge in [-0.15, -0.1) is 0 Å². The average molecular weight is 260 g/mol. The number of ether oxygens (including phenoxy) is 1. The average Bonchev–Trinajstić information content (AvgIpc) is 2.39. The minimum Gasteiger partial charge on any atom is -0.396 e. The first kappa shape index (κ1) is 17.9. The van der Waals surface area contributed by atoms with Gasteiger partial charge in [-0.25, -0.2) is 0 Å². The van der Waals surface area contributed by atoms with Crippen LogP contribution in [0.4, 0.5) is 0 Å². The van der Waals surface area contributed by atoms with Crippen molar-refractivity contribution in [2.24, 2.45) is 0 Å². The Bertz CT molecular complexity index is 151. The fourth-order valence-corrected chi connectivity index (χ4v) is 2.14. The second-order valence-corrected chi connectivity index (χ2v) is 5.09. The minimum absolute atomic E-state index is 0.345. The van der Waals surface area contributed by atoms with Crippen molar-refractivity contribution in [3.05, 3.63) is 0 Å². The van der Waals surface area contributed by atoms with Crippen molar-refractivity contribution >= 4 is 0 Å². The molecule has 18 heavy (non-hydrogen) atoms. The number of rotatable bonds is 14. The molecule has 0 aliphatic carbocycles. The first-order valence-corrected chi connectivity index (χ1v) is 7.63. The second-order valence-electron chi connectivity index (χ2n) is 5.09. The van der Waals surface area contributed by atoms with Gasteiger partial charge in [-0.05, 0) is 19.3 Å². The molecule has 3 nitrogen and oxygen atoms in total. The lowest BCUT2D eigenvalue weighted by Crippen LogP contribution is -2.07. The van der Waals surface area contributed by atoms with E-state index >= 15 is 0 Å². The minimum atomic E-state index is -0.566. The van der Waals surface area contributed by atoms with Crippen molar-refractivity contribution in [2.45, 2.75) is 83.3 Å². The van der Waals surface area contributed by atoms with Gasteiger partial charge >= 0.3 is 0 Å². The Morgan fingerprint density at radius 2 is 1.11 bits per heavy atom. The van der Waals surface area contributed by atoms with E-state index in [0.29, 0.717) is 6.61 Å². The zero-order valence-corrected chi connectivity index (χ0v) is 12.1. The molecule has 1 atom stereocenters. The number of aliphatic hydroxyl groups excluding tert-OH is 2. The Morgan fingerprint density at radius 1 is 0.722 bits per heavy atom. The van der Waals surface area contributed by atoms with E-state index in [2.05, 4.69) is 0 Å². The Labute approximate surface area is 113 Å². The third kappa shape index (κ3) is 13.9. The largest absolute Gasteiger partial charge is 0.396 e. The van der Waals surface area contributed by atoms with Crippen LogP contribution in [-0.4, -0.2) is 30.2 Å². The number of aliphatic hydroxyl groups is 2. The summed E-state index contributed by atoms with van der Waals surface area (Å²) in [5.41, 5.74) is 0. The van der Waals surface area contributed by atoms with Crippen molar-refractivity contribution in [1.29, 1.82) is 0 Å². The molecule has 0 aliphatic rings. The van der Waals surface area contributed by atoms with Crippen LogP contribution < -0.4 is 0 Å². The van der Waals surface area contributed by atoms with Gasteiger partial charge in [0.15, 0.2) is 6.29 Å². The molecule has 0 aromatic heterocycles. The van der Waals surface area contributed by atoms with Crippen molar-refractivity contribution in [3.8, 4) is 0 Å². The van der Waals surface area contributed by atoms with E-state index in [9.17, 15) is 5.11 Å². The Kier molecular flexibility index (Phi) is 14.8. The zero-order valence-electron chi connectivity index (χ0n) is 12.1. The highest BCUT2D eigenvalue weighted by molar-refractivity contribution is 4.49. The summed E-state index contributed by atoms with van der Waals surface area (Å²) in [5.74, 6) is 0. The molecule has 1 unspecified atom stereocenters. The van der Waals surface area contributed by atoms with Gasteiger partial charge in [-0.2, -0.15) is 0 Å². The van der Waals surface area contributed by atoms with Crippen LogP contribution in [-0.2, 0) is 4.74 Å². The van der Waals surface area contributed by atoms with Gasteiger partial charge in [0.25, 0.3) is 0 Å². The van der Waals surface area contributed by atoms with Crippen LogP contribution in [0.2, 0.25) is 0 Å². The molecular weight excluding hydrogens is 228 g/mol. The number of methoxy groups -OCH3 is 1. The summed E-state index contributed by atoms with van der Waals surface area (Å²) < 4.78 is 4.79. The van der Waals surface area contributed by atoms with Gasteiger partial charge in [-0.3, -0.25) is 0 Å². The van der Waals surface area contributed by atoms with Gasteiger partial charge in [0, 0.05) is 13.7 Å². The predicted molar refractivity (Wildman–Crippen MR) is 75.5 cm³/mol. The lowest BCUT2D eigenvalue weighted by atomic mass is 10.1. The molecule has 0 radical (unpaired) electrons. The van der Waals surface area contributed by atoms with Crippen LogP contribution in [0.15, 0.2) is 0 Å². The molecule has 110 valence electrons. The van der Waals surface area contributed by atoms with Crippen LogP contribution in [0.3, 0.4) is 0 Å². The first-order valence-electron chi connectivity index (χ1n) is 7.63. The summed E-state index contributed by atoms with van der Waals surface area (Å²) in [6, 6.07) is 0. The van der Waals surface area contributed by atoms with E-state index in [0.717, 1.165) is 19.3 Å². The fourth-order valence-electron chi connectivity index (χ4n) is 2.14. The molecule has 0 heterocycles. The molecule has 0 aromatic carbocycles. The smallest absolute Gasteiger partial charge is 0.154 e. The maximum absolute atomic E-state index is 9.18. The third-order valence-electron chi connectivity index (χ3n) is 3.38. The molecule has 0 saturated carbocycles. The van der Waals surface area contributed by atoms with Crippen LogP contribution in [0, 0.1) is 0 Å². The summed E-state index contributed by atoms with van der Waals surface area (Å²) in [5, 5.41) is 17.8. The Hall–Kier alpha value is -0.120. The predicted octanol–water partition coefficient (Wildman–Crippen LogP) is 3.62. The van der Waals surface area contributed by atoms with E-state index in [-0.39, 0.29) is 0 Å². The maximum Gasteiger partial charge on any atom is 0.154 e. The van der Waals surface area contributed by atoms with E-state index in [1.807, 2.05) is 0 Å². The molecular formula is C15H32O3. The van der Waals surface area contributed by atoms with Crippen LogP contribution >= 0.6 is 0 Å². The van der Waals surface area contributed by atoms with Crippen LogP contribution in [0.25, 0.3) is 0 Å². The zero-order chi connectivity index (χ0) is 13.5.